The summed E-state index contributed by atoms with van der Waals surface area (Å²) in [6, 6.07) is 10.2. The number of anilines is 4. The molecule has 10 heteroatoms. The van der Waals surface area contributed by atoms with E-state index in [1.54, 1.807) is 24.3 Å². The predicted molar refractivity (Wildman–Crippen MR) is 148 cm³/mol. The van der Waals surface area contributed by atoms with E-state index < -0.39 is 0 Å². The molecule has 1 aliphatic carbocycles. The zero-order valence-electron chi connectivity index (χ0n) is 22.8. The van der Waals surface area contributed by atoms with Gasteiger partial charge in [-0.25, -0.2) is 9.97 Å². The molecule has 0 spiro atoms. The molecule has 0 bridgehead atoms. The molecular formula is C28H34N8O2. The van der Waals surface area contributed by atoms with Crippen LogP contribution in [0.2, 0.25) is 0 Å². The van der Waals surface area contributed by atoms with Gasteiger partial charge < -0.3 is 15.0 Å². The molecule has 1 aliphatic rings. The number of pyridine rings is 1. The fourth-order valence-electron chi connectivity index (χ4n) is 5.08. The van der Waals surface area contributed by atoms with Gasteiger partial charge in [-0.15, -0.1) is 0 Å². The minimum Gasteiger partial charge on any atom is -0.494 e. The van der Waals surface area contributed by atoms with Crippen molar-refractivity contribution in [3.8, 4) is 17.1 Å². The van der Waals surface area contributed by atoms with Crippen molar-refractivity contribution in [1.29, 1.82) is 0 Å². The van der Waals surface area contributed by atoms with Crippen LogP contribution in [0.15, 0.2) is 42.9 Å². The number of hydrogen-bond acceptors (Lipinski definition) is 8. The van der Waals surface area contributed by atoms with Crippen molar-refractivity contribution in [3.05, 3.63) is 54.1 Å². The van der Waals surface area contributed by atoms with Crippen LogP contribution in [-0.4, -0.2) is 49.5 Å². The maximum absolute atomic E-state index is 12.9. The largest absolute Gasteiger partial charge is 0.494 e. The van der Waals surface area contributed by atoms with Gasteiger partial charge in [0.25, 0.3) is 0 Å². The molecule has 10 nitrogen and oxygen atoms in total. The van der Waals surface area contributed by atoms with Crippen LogP contribution in [0.3, 0.4) is 0 Å². The highest BCUT2D eigenvalue weighted by atomic mass is 16.5. The minimum absolute atomic E-state index is 0.00615. The van der Waals surface area contributed by atoms with Gasteiger partial charge in [-0.3, -0.25) is 14.2 Å². The van der Waals surface area contributed by atoms with E-state index in [-0.39, 0.29) is 5.78 Å². The topological polar surface area (TPSA) is 103 Å². The van der Waals surface area contributed by atoms with Gasteiger partial charge in [-0.1, -0.05) is 19.9 Å². The third-order valence-corrected chi connectivity index (χ3v) is 7.14. The molecule has 0 amide bonds. The Kier molecular flexibility index (Phi) is 6.88. The maximum Gasteiger partial charge on any atom is 0.184 e. The van der Waals surface area contributed by atoms with Crippen molar-refractivity contribution in [3.63, 3.8) is 0 Å². The van der Waals surface area contributed by atoms with E-state index in [4.69, 9.17) is 9.84 Å². The molecule has 0 aliphatic heterocycles. The lowest BCUT2D eigenvalue weighted by Gasteiger charge is -2.33. The van der Waals surface area contributed by atoms with Crippen molar-refractivity contribution >= 4 is 28.8 Å². The third-order valence-electron chi connectivity index (χ3n) is 7.14. The summed E-state index contributed by atoms with van der Waals surface area (Å²) in [5.74, 6) is 3.27. The molecule has 1 saturated carbocycles. The number of nitrogens with one attached hydrogen (secondary N) is 1. The number of hydrogen-bond donors (Lipinski definition) is 1. The summed E-state index contributed by atoms with van der Waals surface area (Å²) >= 11 is 0. The first-order valence-corrected chi connectivity index (χ1v) is 12.9. The zero-order chi connectivity index (χ0) is 27.0. The Balaban J connectivity index is 1.51. The molecule has 5 rings (SSSR count). The van der Waals surface area contributed by atoms with Gasteiger partial charge in [0.15, 0.2) is 23.2 Å². The average Bonchev–Trinajstić information content (AvgIpc) is 3.49. The first kappa shape index (κ1) is 25.4. The Labute approximate surface area is 222 Å². The van der Waals surface area contributed by atoms with E-state index >= 15 is 0 Å². The number of nitrogens with zero attached hydrogens (tertiary/aromatic N) is 7. The van der Waals surface area contributed by atoms with Crippen LogP contribution < -0.4 is 15.0 Å². The van der Waals surface area contributed by atoms with Crippen LogP contribution in [0.1, 0.15) is 55.2 Å². The molecule has 3 aromatic heterocycles. The van der Waals surface area contributed by atoms with Crippen molar-refractivity contribution in [2.24, 2.45) is 13.0 Å². The standard InChI is InChI=1S/C28H34N8O2/c1-7-24(37)21-15-29-25(31-26-13-18(3)36(32-26)19-11-17(2)12-19)14-23(21)35(5)22-10-8-9-20(27(22)38-6)28-30-16-34(4)33-28/h8-10,13-17,19H,7,11-12H2,1-6H3,(H,29,31,32)/t17-,19+. The molecule has 0 radical (unpaired) electrons. The van der Waals surface area contributed by atoms with E-state index in [2.05, 4.69) is 38.9 Å². The number of para-hydroxylation sites is 1. The van der Waals surface area contributed by atoms with Crippen LogP contribution in [0, 0.1) is 12.8 Å². The first-order chi connectivity index (χ1) is 18.3. The zero-order valence-corrected chi connectivity index (χ0v) is 22.8. The Morgan fingerprint density at radius 1 is 1.16 bits per heavy atom. The number of aromatic nitrogens is 6. The SMILES string of the molecule is CCC(=O)c1cnc(Nc2cc(C)n([C@H]3C[C@@H](C)C3)n2)cc1N(C)c1cccc(-c2ncn(C)n2)c1OC. The molecule has 1 aromatic carbocycles. The summed E-state index contributed by atoms with van der Waals surface area (Å²) < 4.78 is 9.59. The van der Waals surface area contributed by atoms with E-state index in [9.17, 15) is 4.79 Å². The molecule has 4 aromatic rings. The van der Waals surface area contributed by atoms with Gasteiger partial charge in [0, 0.05) is 44.5 Å². The Hall–Kier alpha value is -4.21. The predicted octanol–water partition coefficient (Wildman–Crippen LogP) is 5.47. The van der Waals surface area contributed by atoms with Gasteiger partial charge >= 0.3 is 0 Å². The number of carbonyl (C=O) groups is 1. The second kappa shape index (κ2) is 10.3. The monoisotopic (exact) mass is 514 g/mol. The number of rotatable bonds is 9. The molecule has 3 heterocycles. The molecule has 0 saturated heterocycles. The van der Waals surface area contributed by atoms with Gasteiger partial charge in [0.1, 0.15) is 12.1 Å². The van der Waals surface area contributed by atoms with Crippen LogP contribution in [-0.2, 0) is 7.05 Å². The summed E-state index contributed by atoms with van der Waals surface area (Å²) in [6.07, 6.45) is 5.95. The Morgan fingerprint density at radius 3 is 2.61 bits per heavy atom. The average molecular weight is 515 g/mol. The summed E-state index contributed by atoms with van der Waals surface area (Å²) in [5.41, 5.74) is 3.90. The van der Waals surface area contributed by atoms with E-state index in [0.717, 1.165) is 41.5 Å². The number of carbonyl (C=O) groups excluding carboxylic acids is 1. The molecule has 0 unspecified atom stereocenters. The molecule has 38 heavy (non-hydrogen) atoms. The molecule has 0 atom stereocenters. The van der Waals surface area contributed by atoms with Gasteiger partial charge in [-0.2, -0.15) is 10.2 Å². The number of aryl methyl sites for hydroxylation is 2. The molecular weight excluding hydrogens is 480 g/mol. The lowest BCUT2D eigenvalue weighted by molar-refractivity contribution is 0.0988. The van der Waals surface area contributed by atoms with Crippen molar-refractivity contribution in [2.45, 2.75) is 46.1 Å². The number of Topliss-reactive ketones (excluding diaryl/α,β-unsaturated/α-hetero) is 1. The number of ether oxygens (including phenoxy) is 1. The van der Waals surface area contributed by atoms with Crippen molar-refractivity contribution in [2.75, 3.05) is 24.4 Å². The van der Waals surface area contributed by atoms with Crippen LogP contribution in [0.4, 0.5) is 23.0 Å². The van der Waals surface area contributed by atoms with Crippen molar-refractivity contribution < 1.29 is 9.53 Å². The highest BCUT2D eigenvalue weighted by Gasteiger charge is 2.29. The summed E-state index contributed by atoms with van der Waals surface area (Å²) in [6.45, 7) is 6.20. The Morgan fingerprint density at radius 2 is 1.95 bits per heavy atom. The molecule has 198 valence electrons. The number of benzene rings is 1. The second-order valence-corrected chi connectivity index (χ2v) is 9.99. The quantitative estimate of drug-likeness (QED) is 0.294. The van der Waals surface area contributed by atoms with Gasteiger partial charge in [-0.05, 0) is 37.8 Å². The van der Waals surface area contributed by atoms with Crippen LogP contribution in [0.25, 0.3) is 11.4 Å². The fraction of sp³-hybridized carbons (Fsp3) is 0.393. The highest BCUT2D eigenvalue weighted by molar-refractivity contribution is 6.02. The van der Waals surface area contributed by atoms with Gasteiger partial charge in [0.05, 0.1) is 35.7 Å². The first-order valence-electron chi connectivity index (χ1n) is 12.9. The smallest absolute Gasteiger partial charge is 0.184 e. The fourth-order valence-corrected chi connectivity index (χ4v) is 5.08. The van der Waals surface area contributed by atoms with Crippen LogP contribution in [0.5, 0.6) is 5.75 Å². The van der Waals surface area contributed by atoms with Crippen LogP contribution >= 0.6 is 0 Å². The maximum atomic E-state index is 12.9. The normalized spacial score (nSPS) is 16.7. The summed E-state index contributed by atoms with van der Waals surface area (Å²) in [5, 5.41) is 12.6. The van der Waals surface area contributed by atoms with E-state index in [1.165, 1.54) is 0 Å². The molecule has 1 N–H and O–H groups in total. The summed E-state index contributed by atoms with van der Waals surface area (Å²) in [4.78, 5) is 23.8. The lowest BCUT2D eigenvalue weighted by atomic mass is 9.82. The van der Waals surface area contributed by atoms with E-state index in [1.807, 2.05) is 56.3 Å². The van der Waals surface area contributed by atoms with Crippen molar-refractivity contribution in [1.82, 2.24) is 29.5 Å². The molecule has 1 fully saturated rings. The number of ketones is 1. The second-order valence-electron chi connectivity index (χ2n) is 9.99. The Bertz CT molecular complexity index is 1470. The minimum atomic E-state index is 0.00615. The number of methoxy groups -OCH3 is 1. The van der Waals surface area contributed by atoms with E-state index in [0.29, 0.717) is 41.1 Å². The third kappa shape index (κ3) is 4.73. The highest BCUT2D eigenvalue weighted by Crippen LogP contribution is 2.41. The summed E-state index contributed by atoms with van der Waals surface area (Å²) in [7, 11) is 5.36. The van der Waals surface area contributed by atoms with Gasteiger partial charge in [0.2, 0.25) is 0 Å². The lowest BCUT2D eigenvalue weighted by Crippen LogP contribution is -2.26.